The van der Waals surface area contributed by atoms with Gasteiger partial charge >= 0.3 is 6.09 Å². The fourth-order valence-electron chi connectivity index (χ4n) is 5.64. The zero-order valence-electron chi connectivity index (χ0n) is 24.7. The van der Waals surface area contributed by atoms with Crippen LogP contribution in [-0.2, 0) is 17.7 Å². The van der Waals surface area contributed by atoms with E-state index < -0.39 is 11.7 Å². The molecule has 0 atom stereocenters. The number of anilines is 2. The van der Waals surface area contributed by atoms with Crippen molar-refractivity contribution < 1.29 is 9.53 Å². The molecular weight excluding hydrogens is 522 g/mol. The predicted molar refractivity (Wildman–Crippen MR) is 171 cm³/mol. The van der Waals surface area contributed by atoms with Crippen LogP contribution in [0.3, 0.4) is 0 Å². The van der Waals surface area contributed by atoms with Crippen molar-refractivity contribution in [3.05, 3.63) is 107 Å². The smallest absolute Gasteiger partial charge is 0.419 e. The monoisotopic (exact) mass is 557 g/mol. The first-order valence-electron chi connectivity index (χ1n) is 14.2. The molecule has 0 aliphatic heterocycles. The van der Waals surface area contributed by atoms with E-state index in [-0.39, 0.29) is 0 Å². The lowest BCUT2D eigenvalue weighted by Gasteiger charge is -2.19. The summed E-state index contributed by atoms with van der Waals surface area (Å²) in [6.07, 6.45) is 5.63. The number of nitrogens with two attached hydrogens (primary N) is 1. The Morgan fingerprint density at radius 3 is 2.52 bits per heavy atom. The van der Waals surface area contributed by atoms with Crippen molar-refractivity contribution in [3.8, 4) is 0 Å². The van der Waals surface area contributed by atoms with Crippen LogP contribution in [0.25, 0.3) is 32.4 Å². The maximum atomic E-state index is 13.2. The molecule has 0 saturated carbocycles. The number of nitrogen functional groups attached to an aromatic ring is 1. The van der Waals surface area contributed by atoms with E-state index >= 15 is 0 Å². The van der Waals surface area contributed by atoms with Gasteiger partial charge in [0.05, 0.1) is 11.7 Å². The number of benzene rings is 3. The number of hydrogen-bond acceptors (Lipinski definition) is 6. The second kappa shape index (κ2) is 10.5. The van der Waals surface area contributed by atoms with Crippen LogP contribution in [-0.4, -0.2) is 26.2 Å². The number of carbonyl (C=O) groups is 1. The molecular formula is C35H35N5O2. The Morgan fingerprint density at radius 2 is 1.74 bits per heavy atom. The van der Waals surface area contributed by atoms with Gasteiger partial charge in [0.1, 0.15) is 17.2 Å². The van der Waals surface area contributed by atoms with Gasteiger partial charge in [-0.05, 0) is 103 Å². The molecule has 6 aromatic rings. The first-order valence-corrected chi connectivity index (χ1v) is 14.2. The summed E-state index contributed by atoms with van der Waals surface area (Å²) in [5.74, 6) is 1.27. The topological polar surface area (TPSA) is 95.1 Å². The molecule has 0 radical (unpaired) electrons. The first-order chi connectivity index (χ1) is 20.1. The quantitative estimate of drug-likeness (QED) is 0.224. The number of pyridine rings is 2. The number of hydrogen-bond donors (Lipinski definition) is 2. The summed E-state index contributed by atoms with van der Waals surface area (Å²) >= 11 is 0. The fraction of sp³-hybridized carbons (Fsp3) is 0.229. The summed E-state index contributed by atoms with van der Waals surface area (Å²) in [5.41, 5.74) is 11.9. The minimum Gasteiger partial charge on any atom is -0.443 e. The molecule has 3 heterocycles. The molecule has 7 heteroatoms. The summed E-state index contributed by atoms with van der Waals surface area (Å²) in [6, 6.07) is 21.0. The second-order valence-electron chi connectivity index (χ2n) is 11.9. The van der Waals surface area contributed by atoms with Gasteiger partial charge in [-0.25, -0.2) is 14.8 Å². The summed E-state index contributed by atoms with van der Waals surface area (Å²) in [7, 11) is 0. The Balaban J connectivity index is 1.36. The lowest BCUT2D eigenvalue weighted by molar-refractivity contribution is 0.0544. The fourth-order valence-corrected chi connectivity index (χ4v) is 5.64. The predicted octanol–water partition coefficient (Wildman–Crippen LogP) is 7.92. The molecule has 0 bridgehead atoms. The van der Waals surface area contributed by atoms with Gasteiger partial charge < -0.3 is 15.8 Å². The van der Waals surface area contributed by atoms with Gasteiger partial charge in [-0.15, -0.1) is 0 Å². The number of carbonyl (C=O) groups excluding carboxylic acids is 1. The molecule has 3 N–H and O–H groups in total. The molecule has 42 heavy (non-hydrogen) atoms. The van der Waals surface area contributed by atoms with Crippen molar-refractivity contribution in [3.63, 3.8) is 0 Å². The molecule has 3 aromatic heterocycles. The number of nitrogens with zero attached hydrogens (tertiary/aromatic N) is 3. The van der Waals surface area contributed by atoms with Crippen molar-refractivity contribution >= 4 is 50.2 Å². The molecule has 3 aromatic carbocycles. The average molecular weight is 558 g/mol. The van der Waals surface area contributed by atoms with Gasteiger partial charge in [0.2, 0.25) is 0 Å². The van der Waals surface area contributed by atoms with Gasteiger partial charge in [-0.3, -0.25) is 4.57 Å². The number of fused-ring (bicyclic) bond motifs is 3. The zero-order valence-corrected chi connectivity index (χ0v) is 24.7. The normalized spacial score (nSPS) is 11.8. The van der Waals surface area contributed by atoms with E-state index in [4.69, 9.17) is 10.5 Å². The van der Waals surface area contributed by atoms with E-state index in [1.54, 1.807) is 17.0 Å². The van der Waals surface area contributed by atoms with E-state index in [1.807, 2.05) is 45.2 Å². The van der Waals surface area contributed by atoms with Gasteiger partial charge in [0, 0.05) is 29.7 Å². The Kier molecular flexibility index (Phi) is 6.81. The molecule has 212 valence electrons. The lowest BCUT2D eigenvalue weighted by Crippen LogP contribution is -2.26. The maximum Gasteiger partial charge on any atom is 0.419 e. The summed E-state index contributed by atoms with van der Waals surface area (Å²) in [6.45, 7) is 10.4. The van der Waals surface area contributed by atoms with Crippen LogP contribution in [0, 0.1) is 13.8 Å². The van der Waals surface area contributed by atoms with E-state index in [9.17, 15) is 4.79 Å². The van der Waals surface area contributed by atoms with E-state index in [2.05, 4.69) is 71.6 Å². The van der Waals surface area contributed by atoms with Crippen molar-refractivity contribution in [2.24, 2.45) is 0 Å². The van der Waals surface area contributed by atoms with Crippen LogP contribution < -0.4 is 11.1 Å². The summed E-state index contributed by atoms with van der Waals surface area (Å²) in [5, 5.41) is 8.93. The molecule has 0 amide bonds. The third kappa shape index (κ3) is 5.26. The molecule has 0 unspecified atom stereocenters. The van der Waals surface area contributed by atoms with Crippen LogP contribution in [0.4, 0.5) is 16.4 Å². The van der Waals surface area contributed by atoms with Crippen LogP contribution in [0.15, 0.2) is 79.3 Å². The van der Waals surface area contributed by atoms with Gasteiger partial charge in [0.15, 0.2) is 0 Å². The molecule has 0 spiro atoms. The molecule has 7 nitrogen and oxygen atoms in total. The third-order valence-corrected chi connectivity index (χ3v) is 7.73. The van der Waals surface area contributed by atoms with Crippen LogP contribution in [0.5, 0.6) is 0 Å². The Morgan fingerprint density at radius 1 is 0.952 bits per heavy atom. The number of aryl methyl sites for hydroxylation is 2. The summed E-state index contributed by atoms with van der Waals surface area (Å²) < 4.78 is 7.30. The average Bonchev–Trinajstić information content (AvgIpc) is 3.30. The van der Waals surface area contributed by atoms with Crippen LogP contribution in [0.2, 0.25) is 0 Å². The van der Waals surface area contributed by atoms with Gasteiger partial charge in [-0.1, -0.05) is 42.5 Å². The number of aromatic nitrogens is 3. The highest BCUT2D eigenvalue weighted by Crippen LogP contribution is 2.30. The molecule has 0 fully saturated rings. The largest absolute Gasteiger partial charge is 0.443 e. The number of ether oxygens (including phenoxy) is 1. The lowest BCUT2D eigenvalue weighted by atomic mass is 9.96. The zero-order chi connectivity index (χ0) is 29.6. The van der Waals surface area contributed by atoms with E-state index in [0.717, 1.165) is 33.1 Å². The Labute approximate surface area is 245 Å². The molecule has 0 aliphatic rings. The number of nitrogens with one attached hydrogen (secondary N) is 1. The van der Waals surface area contributed by atoms with Crippen LogP contribution >= 0.6 is 0 Å². The van der Waals surface area contributed by atoms with E-state index in [1.165, 1.54) is 27.5 Å². The SMILES string of the molecule is Cc1cc2c(N)nccc2c(C)c1CNc1cc2c(Cc3ccc4ccccc4c3)cn(C(=O)OC(C)(C)C)c2cn1. The maximum absolute atomic E-state index is 13.2. The van der Waals surface area contributed by atoms with Crippen molar-refractivity contribution in [1.29, 1.82) is 0 Å². The van der Waals surface area contributed by atoms with Crippen molar-refractivity contribution in [2.75, 3.05) is 11.1 Å². The van der Waals surface area contributed by atoms with Crippen molar-refractivity contribution in [1.82, 2.24) is 14.5 Å². The summed E-state index contributed by atoms with van der Waals surface area (Å²) in [4.78, 5) is 22.1. The molecule has 0 aliphatic carbocycles. The molecule has 0 saturated heterocycles. The first kappa shape index (κ1) is 27.3. The Hall–Kier alpha value is -4.91. The van der Waals surface area contributed by atoms with Crippen molar-refractivity contribution in [2.45, 2.75) is 53.2 Å². The highest BCUT2D eigenvalue weighted by Gasteiger charge is 2.22. The second-order valence-corrected chi connectivity index (χ2v) is 11.9. The van der Waals surface area contributed by atoms with Crippen LogP contribution in [0.1, 0.15) is 48.6 Å². The number of rotatable bonds is 5. The Bertz CT molecular complexity index is 1980. The minimum atomic E-state index is -0.614. The molecule has 6 rings (SSSR count). The highest BCUT2D eigenvalue weighted by molar-refractivity contribution is 5.95. The van der Waals surface area contributed by atoms with Gasteiger partial charge in [-0.2, -0.15) is 0 Å². The van der Waals surface area contributed by atoms with E-state index in [0.29, 0.717) is 24.3 Å². The standard InChI is InChI=1S/C35H35N5O2/c1-21-14-29-27(12-13-37-33(29)36)22(2)30(21)18-38-32-17-28-26(16-23-10-11-24-8-6-7-9-25(24)15-23)20-40(31(28)19-39-32)34(41)42-35(3,4)5/h6-15,17,19-20H,16,18H2,1-5H3,(H2,36,37)(H,38,39). The van der Waals surface area contributed by atoms with Gasteiger partial charge in [0.25, 0.3) is 0 Å². The highest BCUT2D eigenvalue weighted by atomic mass is 16.6. The minimum absolute atomic E-state index is 0.420. The third-order valence-electron chi connectivity index (χ3n) is 7.73.